The molecular weight excluding hydrogens is 256 g/mol. The third kappa shape index (κ3) is 2.99. The van der Waals surface area contributed by atoms with Crippen molar-refractivity contribution in [2.24, 2.45) is 5.92 Å². The SMILES string of the molecule is CCC(=O)C(C)C(=O)c1cccc(Br)c1. The quantitative estimate of drug-likeness (QED) is 0.621. The van der Waals surface area contributed by atoms with Crippen molar-refractivity contribution < 1.29 is 9.59 Å². The van der Waals surface area contributed by atoms with Gasteiger partial charge in [0.15, 0.2) is 5.78 Å². The fourth-order valence-corrected chi connectivity index (χ4v) is 1.74. The van der Waals surface area contributed by atoms with Gasteiger partial charge in [0, 0.05) is 16.5 Å². The summed E-state index contributed by atoms with van der Waals surface area (Å²) in [6.07, 6.45) is 0.404. The highest BCUT2D eigenvalue weighted by Gasteiger charge is 2.20. The summed E-state index contributed by atoms with van der Waals surface area (Å²) >= 11 is 3.30. The minimum Gasteiger partial charge on any atom is -0.299 e. The second-order valence-electron chi connectivity index (χ2n) is 3.42. The zero-order valence-electron chi connectivity index (χ0n) is 8.79. The molecule has 1 aromatic carbocycles. The van der Waals surface area contributed by atoms with Crippen LogP contribution in [0, 0.1) is 5.92 Å². The summed E-state index contributed by atoms with van der Waals surface area (Å²) in [4.78, 5) is 23.2. The smallest absolute Gasteiger partial charge is 0.173 e. The molecule has 80 valence electrons. The van der Waals surface area contributed by atoms with Crippen molar-refractivity contribution in [3.63, 3.8) is 0 Å². The van der Waals surface area contributed by atoms with Gasteiger partial charge < -0.3 is 0 Å². The van der Waals surface area contributed by atoms with Crippen LogP contribution in [0.2, 0.25) is 0 Å². The van der Waals surface area contributed by atoms with Crippen molar-refractivity contribution in [2.75, 3.05) is 0 Å². The fraction of sp³-hybridized carbons (Fsp3) is 0.333. The van der Waals surface area contributed by atoms with E-state index in [4.69, 9.17) is 0 Å². The highest BCUT2D eigenvalue weighted by atomic mass is 79.9. The van der Waals surface area contributed by atoms with E-state index < -0.39 is 5.92 Å². The largest absolute Gasteiger partial charge is 0.299 e. The van der Waals surface area contributed by atoms with Gasteiger partial charge in [0.1, 0.15) is 5.78 Å². The minimum absolute atomic E-state index is 0.0139. The Morgan fingerprint density at radius 1 is 1.40 bits per heavy atom. The van der Waals surface area contributed by atoms with Gasteiger partial charge >= 0.3 is 0 Å². The Bertz CT molecular complexity index is 385. The highest BCUT2D eigenvalue weighted by molar-refractivity contribution is 9.10. The molecule has 2 nitrogen and oxygen atoms in total. The van der Waals surface area contributed by atoms with Crippen LogP contribution in [0.5, 0.6) is 0 Å². The molecule has 0 aromatic heterocycles. The Balaban J connectivity index is 2.90. The van der Waals surface area contributed by atoms with Crippen LogP contribution in [-0.4, -0.2) is 11.6 Å². The molecule has 0 fully saturated rings. The number of hydrogen-bond donors (Lipinski definition) is 0. The zero-order chi connectivity index (χ0) is 11.4. The van der Waals surface area contributed by atoms with Gasteiger partial charge in [-0.1, -0.05) is 35.0 Å². The molecule has 0 saturated heterocycles. The first-order valence-corrected chi connectivity index (χ1v) is 5.68. The van der Waals surface area contributed by atoms with Gasteiger partial charge in [0.25, 0.3) is 0 Å². The van der Waals surface area contributed by atoms with E-state index in [2.05, 4.69) is 15.9 Å². The molecule has 1 atom stereocenters. The van der Waals surface area contributed by atoms with Crippen LogP contribution in [-0.2, 0) is 4.79 Å². The molecule has 0 saturated carbocycles. The first kappa shape index (κ1) is 12.1. The number of Topliss-reactive ketones (excluding diaryl/α,β-unsaturated/α-hetero) is 2. The topological polar surface area (TPSA) is 34.1 Å². The lowest BCUT2D eigenvalue weighted by molar-refractivity contribution is -0.120. The predicted octanol–water partition coefficient (Wildman–Crippen LogP) is 3.25. The molecule has 3 heteroatoms. The summed E-state index contributed by atoms with van der Waals surface area (Å²) in [6.45, 7) is 3.43. The maximum Gasteiger partial charge on any atom is 0.173 e. The number of halogens is 1. The Morgan fingerprint density at radius 3 is 2.60 bits per heavy atom. The average Bonchev–Trinajstić information content (AvgIpc) is 2.26. The molecule has 0 N–H and O–H groups in total. The molecule has 0 aliphatic rings. The summed E-state index contributed by atoms with van der Waals surface area (Å²) in [6, 6.07) is 7.11. The third-order valence-corrected chi connectivity index (χ3v) is 2.83. The molecule has 0 aliphatic carbocycles. The Labute approximate surface area is 97.8 Å². The van der Waals surface area contributed by atoms with Crippen molar-refractivity contribution in [1.82, 2.24) is 0 Å². The predicted molar refractivity (Wildman–Crippen MR) is 62.9 cm³/mol. The number of benzene rings is 1. The van der Waals surface area contributed by atoms with Crippen LogP contribution < -0.4 is 0 Å². The molecule has 0 amide bonds. The first-order chi connectivity index (χ1) is 7.06. The molecule has 15 heavy (non-hydrogen) atoms. The molecular formula is C12H13BrO2. The standard InChI is InChI=1S/C12H13BrO2/c1-3-11(14)8(2)12(15)9-5-4-6-10(13)7-9/h4-8H,3H2,1-2H3. The molecule has 1 rings (SSSR count). The maximum atomic E-state index is 11.9. The van der Waals surface area contributed by atoms with E-state index in [1.165, 1.54) is 0 Å². The van der Waals surface area contributed by atoms with Crippen LogP contribution >= 0.6 is 15.9 Å². The fourth-order valence-electron chi connectivity index (χ4n) is 1.34. The number of carbonyl (C=O) groups excluding carboxylic acids is 2. The van der Waals surface area contributed by atoms with Gasteiger partial charge in [0.05, 0.1) is 5.92 Å². The lowest BCUT2D eigenvalue weighted by atomic mass is 9.94. The van der Waals surface area contributed by atoms with E-state index in [1.54, 1.807) is 32.0 Å². The van der Waals surface area contributed by atoms with E-state index in [-0.39, 0.29) is 11.6 Å². The third-order valence-electron chi connectivity index (χ3n) is 2.33. The Kier molecular flexibility index (Phi) is 4.21. The van der Waals surface area contributed by atoms with Crippen molar-refractivity contribution in [3.8, 4) is 0 Å². The molecule has 0 heterocycles. The molecule has 1 aromatic rings. The van der Waals surface area contributed by atoms with Crippen LogP contribution in [0.15, 0.2) is 28.7 Å². The number of hydrogen-bond acceptors (Lipinski definition) is 2. The minimum atomic E-state index is -0.538. The zero-order valence-corrected chi connectivity index (χ0v) is 10.4. The van der Waals surface area contributed by atoms with E-state index >= 15 is 0 Å². The summed E-state index contributed by atoms with van der Waals surface area (Å²) in [5.74, 6) is -0.660. The van der Waals surface area contributed by atoms with Crippen LogP contribution in [0.1, 0.15) is 30.6 Å². The van der Waals surface area contributed by atoms with E-state index in [9.17, 15) is 9.59 Å². The normalized spacial score (nSPS) is 12.2. The summed E-state index contributed by atoms with van der Waals surface area (Å²) in [5.41, 5.74) is 0.582. The van der Waals surface area contributed by atoms with Crippen molar-refractivity contribution in [3.05, 3.63) is 34.3 Å². The summed E-state index contributed by atoms with van der Waals surface area (Å²) in [5, 5.41) is 0. The van der Waals surface area contributed by atoms with Gasteiger partial charge in [-0.15, -0.1) is 0 Å². The van der Waals surface area contributed by atoms with Gasteiger partial charge in [-0.05, 0) is 19.1 Å². The first-order valence-electron chi connectivity index (χ1n) is 4.88. The van der Waals surface area contributed by atoms with E-state index in [0.717, 1.165) is 4.47 Å². The van der Waals surface area contributed by atoms with Crippen molar-refractivity contribution in [1.29, 1.82) is 0 Å². The van der Waals surface area contributed by atoms with Gasteiger partial charge in [-0.25, -0.2) is 0 Å². The Hall–Kier alpha value is -0.960. The van der Waals surface area contributed by atoms with E-state index in [0.29, 0.717) is 12.0 Å². The number of rotatable bonds is 4. The maximum absolute atomic E-state index is 11.9. The summed E-state index contributed by atoms with van der Waals surface area (Å²) < 4.78 is 0.851. The molecule has 0 spiro atoms. The second kappa shape index (κ2) is 5.21. The van der Waals surface area contributed by atoms with Crippen LogP contribution in [0.25, 0.3) is 0 Å². The van der Waals surface area contributed by atoms with Gasteiger partial charge in [-0.2, -0.15) is 0 Å². The molecule has 0 bridgehead atoms. The number of carbonyl (C=O) groups is 2. The number of ketones is 2. The Morgan fingerprint density at radius 2 is 2.07 bits per heavy atom. The van der Waals surface area contributed by atoms with Gasteiger partial charge in [0.2, 0.25) is 0 Å². The van der Waals surface area contributed by atoms with Crippen molar-refractivity contribution >= 4 is 27.5 Å². The monoisotopic (exact) mass is 268 g/mol. The molecule has 0 aliphatic heterocycles. The molecule has 1 unspecified atom stereocenters. The highest BCUT2D eigenvalue weighted by Crippen LogP contribution is 2.16. The average molecular weight is 269 g/mol. The van der Waals surface area contributed by atoms with E-state index in [1.807, 2.05) is 6.07 Å². The lowest BCUT2D eigenvalue weighted by Gasteiger charge is -2.08. The molecule has 0 radical (unpaired) electrons. The van der Waals surface area contributed by atoms with Crippen molar-refractivity contribution in [2.45, 2.75) is 20.3 Å². The second-order valence-corrected chi connectivity index (χ2v) is 4.33. The van der Waals surface area contributed by atoms with Crippen LogP contribution in [0.3, 0.4) is 0 Å². The summed E-state index contributed by atoms with van der Waals surface area (Å²) in [7, 11) is 0. The van der Waals surface area contributed by atoms with Crippen LogP contribution in [0.4, 0.5) is 0 Å². The van der Waals surface area contributed by atoms with Gasteiger partial charge in [-0.3, -0.25) is 9.59 Å². The lowest BCUT2D eigenvalue weighted by Crippen LogP contribution is -2.20.